The summed E-state index contributed by atoms with van der Waals surface area (Å²) in [5, 5.41) is 22.4. The summed E-state index contributed by atoms with van der Waals surface area (Å²) in [6.07, 6.45) is 1.79. The molecule has 0 unspecified atom stereocenters. The third-order valence-electron chi connectivity index (χ3n) is 5.16. The monoisotopic (exact) mass is 499 g/mol. The van der Waals surface area contributed by atoms with Gasteiger partial charge < -0.3 is 0 Å². The Kier molecular flexibility index (Phi) is 6.64. The molecule has 2 aromatic carbocycles. The van der Waals surface area contributed by atoms with Crippen LogP contribution in [-0.4, -0.2) is 41.6 Å². The van der Waals surface area contributed by atoms with Gasteiger partial charge >= 0.3 is 0 Å². The highest BCUT2D eigenvalue weighted by atomic mass is 32.2. The molecule has 0 radical (unpaired) electrons. The van der Waals surface area contributed by atoms with Crippen molar-refractivity contribution in [3.05, 3.63) is 78.3 Å². The first-order valence-corrected chi connectivity index (χ1v) is 12.6. The predicted molar refractivity (Wildman–Crippen MR) is 140 cm³/mol. The molecule has 174 valence electrons. The highest BCUT2D eigenvalue weighted by Gasteiger charge is 2.19. The average molecular weight is 500 g/mol. The topological polar surface area (TPSA) is 98.5 Å². The second-order valence-electron chi connectivity index (χ2n) is 7.61. The highest BCUT2D eigenvalue weighted by Crippen LogP contribution is 2.33. The van der Waals surface area contributed by atoms with E-state index >= 15 is 0 Å². The van der Waals surface area contributed by atoms with E-state index in [-0.39, 0.29) is 11.7 Å². The molecule has 3 heterocycles. The summed E-state index contributed by atoms with van der Waals surface area (Å²) >= 11 is 2.65. The minimum absolute atomic E-state index is 0.167. The van der Waals surface area contributed by atoms with Crippen LogP contribution in [-0.2, 0) is 11.3 Å². The lowest BCUT2D eigenvalue weighted by Crippen LogP contribution is -2.14. The van der Waals surface area contributed by atoms with Crippen LogP contribution in [0.4, 0.5) is 5.13 Å². The van der Waals surface area contributed by atoms with Crippen molar-refractivity contribution in [2.45, 2.75) is 18.6 Å². The zero-order valence-electron chi connectivity index (χ0n) is 18.9. The lowest BCUT2D eigenvalue weighted by molar-refractivity contribution is -0.113. The molecule has 8 nitrogen and oxygen atoms in total. The summed E-state index contributed by atoms with van der Waals surface area (Å²) in [6.45, 7) is 6.24. The number of benzene rings is 2. The van der Waals surface area contributed by atoms with Gasteiger partial charge in [-0.25, -0.2) is 4.98 Å². The Morgan fingerprint density at radius 1 is 1.09 bits per heavy atom. The number of nitrogens with one attached hydrogen (secondary N) is 1. The number of fused-ring (bicyclic) bond motifs is 1. The van der Waals surface area contributed by atoms with E-state index in [1.165, 1.54) is 23.1 Å². The zero-order chi connectivity index (χ0) is 24.2. The van der Waals surface area contributed by atoms with Crippen LogP contribution in [0.15, 0.2) is 78.5 Å². The molecule has 0 saturated carbocycles. The average Bonchev–Trinajstić information content (AvgIpc) is 3.48. The fraction of sp³-hybridized carbons (Fsp3) is 0.120. The van der Waals surface area contributed by atoms with E-state index in [4.69, 9.17) is 4.98 Å². The van der Waals surface area contributed by atoms with Crippen molar-refractivity contribution in [3.8, 4) is 22.6 Å². The predicted octanol–water partition coefficient (Wildman–Crippen LogP) is 5.24. The number of anilines is 1. The number of aromatic nitrogens is 6. The molecule has 0 fully saturated rings. The molecule has 0 aliphatic rings. The van der Waals surface area contributed by atoms with E-state index in [0.29, 0.717) is 22.7 Å². The molecule has 35 heavy (non-hydrogen) atoms. The molecule has 10 heteroatoms. The molecule has 3 aromatic heterocycles. The van der Waals surface area contributed by atoms with Gasteiger partial charge in [0.2, 0.25) is 11.0 Å². The Balaban J connectivity index is 1.49. The summed E-state index contributed by atoms with van der Waals surface area (Å²) in [5.41, 5.74) is 3.67. The van der Waals surface area contributed by atoms with Gasteiger partial charge in [0.1, 0.15) is 5.01 Å². The number of allylic oxidation sites excluding steroid dienone is 1. The van der Waals surface area contributed by atoms with Gasteiger partial charge in [-0.3, -0.25) is 14.7 Å². The molecular weight excluding hydrogens is 478 g/mol. The van der Waals surface area contributed by atoms with Gasteiger partial charge in [-0.05, 0) is 19.1 Å². The molecule has 0 atom stereocenters. The van der Waals surface area contributed by atoms with Crippen molar-refractivity contribution in [3.63, 3.8) is 0 Å². The number of nitrogens with zero attached hydrogens (tertiary/aromatic N) is 6. The summed E-state index contributed by atoms with van der Waals surface area (Å²) in [4.78, 5) is 17.3. The van der Waals surface area contributed by atoms with Gasteiger partial charge in [0.15, 0.2) is 11.0 Å². The fourth-order valence-electron chi connectivity index (χ4n) is 3.64. The van der Waals surface area contributed by atoms with Crippen molar-refractivity contribution in [2.24, 2.45) is 0 Å². The van der Waals surface area contributed by atoms with Crippen LogP contribution >= 0.6 is 23.1 Å². The van der Waals surface area contributed by atoms with E-state index in [9.17, 15) is 4.79 Å². The number of hydrogen-bond acceptors (Lipinski definition) is 8. The second-order valence-corrected chi connectivity index (χ2v) is 9.73. The van der Waals surface area contributed by atoms with Crippen LogP contribution in [0.2, 0.25) is 0 Å². The first kappa shape index (κ1) is 22.9. The van der Waals surface area contributed by atoms with Crippen LogP contribution in [0.5, 0.6) is 0 Å². The van der Waals surface area contributed by atoms with Crippen molar-refractivity contribution in [1.29, 1.82) is 0 Å². The van der Waals surface area contributed by atoms with Crippen molar-refractivity contribution >= 4 is 45.0 Å². The first-order valence-electron chi connectivity index (χ1n) is 10.8. The molecule has 5 aromatic rings. The summed E-state index contributed by atoms with van der Waals surface area (Å²) in [7, 11) is 0. The first-order chi connectivity index (χ1) is 17.1. The Morgan fingerprint density at radius 3 is 2.66 bits per heavy atom. The van der Waals surface area contributed by atoms with Gasteiger partial charge in [-0.2, -0.15) is 0 Å². The lowest BCUT2D eigenvalue weighted by atomic mass is 10.0. The minimum Gasteiger partial charge on any atom is -0.300 e. The number of rotatable bonds is 8. The van der Waals surface area contributed by atoms with Crippen LogP contribution in [0.25, 0.3) is 33.5 Å². The number of carbonyl (C=O) groups excluding carboxylic acids is 1. The second kappa shape index (κ2) is 10.2. The zero-order valence-corrected chi connectivity index (χ0v) is 20.5. The molecule has 0 aliphatic carbocycles. The van der Waals surface area contributed by atoms with Crippen LogP contribution in [0.1, 0.15) is 5.01 Å². The van der Waals surface area contributed by atoms with Crippen molar-refractivity contribution in [1.82, 2.24) is 29.9 Å². The largest absolute Gasteiger partial charge is 0.300 e. The van der Waals surface area contributed by atoms with Gasteiger partial charge in [0, 0.05) is 23.1 Å². The van der Waals surface area contributed by atoms with E-state index in [1.54, 1.807) is 6.08 Å². The normalized spacial score (nSPS) is 11.0. The molecule has 0 aliphatic heterocycles. The highest BCUT2D eigenvalue weighted by molar-refractivity contribution is 7.99. The van der Waals surface area contributed by atoms with Gasteiger partial charge in [-0.1, -0.05) is 77.7 Å². The van der Waals surface area contributed by atoms with Crippen molar-refractivity contribution in [2.75, 3.05) is 11.1 Å². The number of pyridine rings is 1. The van der Waals surface area contributed by atoms with Crippen LogP contribution < -0.4 is 5.32 Å². The van der Waals surface area contributed by atoms with E-state index in [0.717, 1.165) is 32.7 Å². The van der Waals surface area contributed by atoms with Gasteiger partial charge in [-0.15, -0.1) is 27.0 Å². The molecule has 1 amide bonds. The molecule has 0 bridgehead atoms. The number of thioether (sulfide) groups is 1. The van der Waals surface area contributed by atoms with Crippen molar-refractivity contribution < 1.29 is 4.79 Å². The molecule has 5 rings (SSSR count). The maximum atomic E-state index is 12.4. The SMILES string of the molecule is C=CCn1c(SCC(=O)Nc2nnc(C)s2)nnc1-c1cc(-c2ccccc2)nc2ccccc12. The van der Waals surface area contributed by atoms with Gasteiger partial charge in [0.05, 0.1) is 17.0 Å². The Bertz CT molecular complexity index is 1510. The standard InChI is InChI=1S/C25H21N7OS2/c1-3-13-32-23(29-31-25(32)34-15-22(33)27-24-30-28-16(2)35-24)19-14-21(17-9-5-4-6-10-17)26-20-12-8-7-11-18(19)20/h3-12,14H,1,13,15H2,2H3,(H,27,30,33). The number of para-hydroxylation sites is 1. The molecule has 0 spiro atoms. The number of aryl methyl sites for hydroxylation is 1. The molecule has 1 N–H and O–H groups in total. The summed E-state index contributed by atoms with van der Waals surface area (Å²) in [6, 6.07) is 20.1. The smallest absolute Gasteiger partial charge is 0.236 e. The Hall–Kier alpha value is -3.89. The maximum Gasteiger partial charge on any atom is 0.236 e. The van der Waals surface area contributed by atoms with E-state index in [2.05, 4.69) is 32.3 Å². The molecule has 0 saturated heterocycles. The summed E-state index contributed by atoms with van der Waals surface area (Å²) < 4.78 is 1.97. The Labute approximate surface area is 210 Å². The third kappa shape index (κ3) is 4.98. The third-order valence-corrected chi connectivity index (χ3v) is 6.88. The molecular formula is C25H21N7OS2. The quantitative estimate of drug-likeness (QED) is 0.230. The lowest BCUT2D eigenvalue weighted by Gasteiger charge is -2.12. The number of amides is 1. The van der Waals surface area contributed by atoms with Gasteiger partial charge in [0.25, 0.3) is 0 Å². The van der Waals surface area contributed by atoms with E-state index < -0.39 is 0 Å². The number of hydrogen-bond donors (Lipinski definition) is 1. The van der Waals surface area contributed by atoms with E-state index in [1.807, 2.05) is 72.2 Å². The summed E-state index contributed by atoms with van der Waals surface area (Å²) in [5.74, 6) is 0.685. The fourth-order valence-corrected chi connectivity index (χ4v) is 4.99. The maximum absolute atomic E-state index is 12.4. The number of carbonyl (C=O) groups is 1. The van der Waals surface area contributed by atoms with Crippen LogP contribution in [0.3, 0.4) is 0 Å². The van der Waals surface area contributed by atoms with Crippen LogP contribution in [0, 0.1) is 6.92 Å². The minimum atomic E-state index is -0.179. The Morgan fingerprint density at radius 2 is 1.89 bits per heavy atom.